The van der Waals surface area contributed by atoms with E-state index in [4.69, 9.17) is 0 Å². The molecule has 0 aromatic heterocycles. The Morgan fingerprint density at radius 2 is 1.73 bits per heavy atom. The Hall–Kier alpha value is -1.72. The molecule has 4 rings (SSSR count). The maximum atomic E-state index is 13.5. The molecule has 0 bridgehead atoms. The molecule has 2 saturated heterocycles. The van der Waals surface area contributed by atoms with Crippen LogP contribution in [-0.2, 0) is 16.2 Å². The highest BCUT2D eigenvalue weighted by atomic mass is 32.2. The number of sulfonamides is 1. The molecular weight excluding hydrogens is 462 g/mol. The summed E-state index contributed by atoms with van der Waals surface area (Å²) in [7, 11) is -3.17. The Bertz CT molecular complexity index is 974. The number of carbonyl (C=O) groups excluding carboxylic acids is 1. The molecule has 2 aliphatic heterocycles. The van der Waals surface area contributed by atoms with Crippen LogP contribution in [0.5, 0.6) is 0 Å². The summed E-state index contributed by atoms with van der Waals surface area (Å²) in [5.41, 5.74) is -1.54. The van der Waals surface area contributed by atoms with Crippen LogP contribution >= 0.6 is 0 Å². The van der Waals surface area contributed by atoms with Gasteiger partial charge in [-0.15, -0.1) is 0 Å². The summed E-state index contributed by atoms with van der Waals surface area (Å²) in [5, 5.41) is 2.43. The topological polar surface area (TPSA) is 69.7 Å². The van der Waals surface area contributed by atoms with Crippen molar-refractivity contribution in [3.63, 3.8) is 0 Å². The van der Waals surface area contributed by atoms with Crippen LogP contribution in [0.3, 0.4) is 0 Å². The molecule has 2 heterocycles. The zero-order valence-corrected chi connectivity index (χ0v) is 19.1. The van der Waals surface area contributed by atoms with Crippen LogP contribution in [0.25, 0.3) is 0 Å². The third-order valence-corrected chi connectivity index (χ3v) is 9.26. The molecule has 1 aromatic rings. The molecule has 33 heavy (non-hydrogen) atoms. The molecule has 6 nitrogen and oxygen atoms in total. The van der Waals surface area contributed by atoms with Gasteiger partial charge in [0.2, 0.25) is 10.0 Å². The molecule has 1 N–H and O–H groups in total. The lowest BCUT2D eigenvalue weighted by Crippen LogP contribution is -2.47. The maximum Gasteiger partial charge on any atom is 0.416 e. The van der Waals surface area contributed by atoms with Crippen molar-refractivity contribution in [2.24, 2.45) is 5.92 Å². The highest BCUT2D eigenvalue weighted by Gasteiger charge is 2.44. The van der Waals surface area contributed by atoms with E-state index in [1.54, 1.807) is 4.31 Å². The van der Waals surface area contributed by atoms with Crippen LogP contribution < -0.4 is 5.32 Å². The van der Waals surface area contributed by atoms with Crippen molar-refractivity contribution in [3.05, 3.63) is 35.1 Å². The number of halogens is 4. The van der Waals surface area contributed by atoms with Crippen molar-refractivity contribution in [3.8, 4) is 0 Å². The number of hydrogen-bond acceptors (Lipinski definition) is 4. The van der Waals surface area contributed by atoms with Gasteiger partial charge in [0.25, 0.3) is 5.91 Å². The largest absolute Gasteiger partial charge is 0.416 e. The fourth-order valence-corrected chi connectivity index (χ4v) is 6.86. The second-order valence-corrected chi connectivity index (χ2v) is 11.5. The fraction of sp³-hybridized carbons (Fsp3) is 0.682. The predicted molar refractivity (Wildman–Crippen MR) is 115 cm³/mol. The van der Waals surface area contributed by atoms with Gasteiger partial charge in [-0.2, -0.15) is 17.5 Å². The van der Waals surface area contributed by atoms with Crippen molar-refractivity contribution in [2.75, 3.05) is 32.7 Å². The normalized spacial score (nSPS) is 23.7. The Morgan fingerprint density at radius 3 is 2.36 bits per heavy atom. The SMILES string of the molecule is O=C(NCC1CCN(CC2CCCN2S(=O)(=O)C2CC2)CC1)c1cc(F)cc(C(F)(F)F)c1. The first-order chi connectivity index (χ1) is 15.5. The van der Waals surface area contributed by atoms with Gasteiger partial charge in [0.05, 0.1) is 10.8 Å². The van der Waals surface area contributed by atoms with Crippen molar-refractivity contribution in [1.82, 2.24) is 14.5 Å². The number of amides is 1. The molecule has 1 aliphatic carbocycles. The summed E-state index contributed by atoms with van der Waals surface area (Å²) in [6.45, 7) is 3.14. The molecule has 1 aromatic carbocycles. The van der Waals surface area contributed by atoms with Gasteiger partial charge >= 0.3 is 6.18 Å². The summed E-state index contributed by atoms with van der Waals surface area (Å²) >= 11 is 0. The summed E-state index contributed by atoms with van der Waals surface area (Å²) in [6, 6.07) is 1.84. The lowest BCUT2D eigenvalue weighted by Gasteiger charge is -2.35. The molecule has 3 aliphatic rings. The molecule has 1 amide bonds. The van der Waals surface area contributed by atoms with E-state index in [9.17, 15) is 30.8 Å². The van der Waals surface area contributed by atoms with Gasteiger partial charge in [-0.25, -0.2) is 12.8 Å². The van der Waals surface area contributed by atoms with Crippen LogP contribution in [0.2, 0.25) is 0 Å². The summed E-state index contributed by atoms with van der Waals surface area (Å²) in [4.78, 5) is 14.5. The molecule has 0 spiro atoms. The van der Waals surface area contributed by atoms with Crippen LogP contribution in [0.1, 0.15) is 54.4 Å². The molecule has 1 saturated carbocycles. The predicted octanol–water partition coefficient (Wildman–Crippen LogP) is 3.24. The third kappa shape index (κ3) is 5.86. The second kappa shape index (κ2) is 9.50. The van der Waals surface area contributed by atoms with Gasteiger partial charge in [-0.3, -0.25) is 4.79 Å². The Labute approximate surface area is 191 Å². The number of benzene rings is 1. The van der Waals surface area contributed by atoms with E-state index in [2.05, 4.69) is 10.2 Å². The molecular formula is C22H29F4N3O3S. The summed E-state index contributed by atoms with van der Waals surface area (Å²) in [6.07, 6.45) is 0.131. The van der Waals surface area contributed by atoms with E-state index in [-0.39, 0.29) is 22.8 Å². The maximum absolute atomic E-state index is 13.5. The van der Waals surface area contributed by atoms with Crippen molar-refractivity contribution < 1.29 is 30.8 Å². The quantitative estimate of drug-likeness (QED) is 0.595. The van der Waals surface area contributed by atoms with Gasteiger partial charge in [0.1, 0.15) is 5.82 Å². The number of nitrogens with zero attached hydrogens (tertiary/aromatic N) is 2. The zero-order valence-electron chi connectivity index (χ0n) is 18.3. The molecule has 184 valence electrons. The zero-order chi connectivity index (χ0) is 23.8. The van der Waals surface area contributed by atoms with Gasteiger partial charge in [0, 0.05) is 31.2 Å². The van der Waals surface area contributed by atoms with E-state index < -0.39 is 33.5 Å². The minimum Gasteiger partial charge on any atom is -0.352 e. The smallest absolute Gasteiger partial charge is 0.352 e. The third-order valence-electron chi connectivity index (χ3n) is 6.81. The van der Waals surface area contributed by atoms with Crippen LogP contribution in [0.15, 0.2) is 18.2 Å². The highest BCUT2D eigenvalue weighted by molar-refractivity contribution is 7.90. The first-order valence-corrected chi connectivity index (χ1v) is 12.9. The number of nitrogens with one attached hydrogen (secondary N) is 1. The Kier molecular flexibility index (Phi) is 7.02. The first kappa shape index (κ1) is 24.4. The number of likely N-dealkylation sites (tertiary alicyclic amines) is 1. The van der Waals surface area contributed by atoms with E-state index in [1.807, 2.05) is 0 Å². The number of rotatable bonds is 7. The fourth-order valence-electron chi connectivity index (χ4n) is 4.78. The summed E-state index contributed by atoms with van der Waals surface area (Å²) < 4.78 is 79.1. The van der Waals surface area contributed by atoms with Gasteiger partial charge in [-0.05, 0) is 75.7 Å². The molecule has 3 fully saturated rings. The number of alkyl halides is 3. The minimum absolute atomic E-state index is 0.0164. The highest BCUT2D eigenvalue weighted by Crippen LogP contribution is 2.35. The number of hydrogen-bond donors (Lipinski definition) is 1. The van der Waals surface area contributed by atoms with Gasteiger partial charge in [-0.1, -0.05) is 0 Å². The van der Waals surface area contributed by atoms with Crippen LogP contribution in [0, 0.1) is 11.7 Å². The summed E-state index contributed by atoms with van der Waals surface area (Å²) in [5.74, 6) is -1.67. The second-order valence-electron chi connectivity index (χ2n) is 9.33. The van der Waals surface area contributed by atoms with E-state index in [0.717, 1.165) is 57.7 Å². The van der Waals surface area contributed by atoms with Crippen LogP contribution in [-0.4, -0.2) is 67.5 Å². The first-order valence-electron chi connectivity index (χ1n) is 11.4. The minimum atomic E-state index is -4.73. The lowest BCUT2D eigenvalue weighted by molar-refractivity contribution is -0.137. The average molecular weight is 492 g/mol. The van der Waals surface area contributed by atoms with Crippen molar-refractivity contribution >= 4 is 15.9 Å². The number of piperidine rings is 1. The van der Waals surface area contributed by atoms with Crippen molar-refractivity contribution in [2.45, 2.75) is 56.0 Å². The Balaban J connectivity index is 1.25. The van der Waals surface area contributed by atoms with Crippen molar-refractivity contribution in [1.29, 1.82) is 0 Å². The molecule has 11 heteroatoms. The molecule has 1 unspecified atom stereocenters. The molecule has 0 radical (unpaired) electrons. The van der Waals surface area contributed by atoms with E-state index in [1.165, 1.54) is 0 Å². The standard InChI is InChI=1S/C22H29F4N3O3S/c23-18-11-16(10-17(12-18)22(24,25)26)21(30)27-13-15-5-8-28(9-6-15)14-19-2-1-7-29(19)33(31,32)20-3-4-20/h10-12,15,19-20H,1-9,13-14H2,(H,27,30). The average Bonchev–Trinajstić information content (AvgIpc) is 3.52. The lowest BCUT2D eigenvalue weighted by atomic mass is 9.96. The van der Waals surface area contributed by atoms with Gasteiger partial charge in [0.15, 0.2) is 0 Å². The van der Waals surface area contributed by atoms with E-state index >= 15 is 0 Å². The van der Waals surface area contributed by atoms with E-state index in [0.29, 0.717) is 31.8 Å². The monoisotopic (exact) mass is 491 g/mol. The molecule has 1 atom stereocenters. The number of carbonyl (C=O) groups is 1. The Morgan fingerprint density at radius 1 is 1.03 bits per heavy atom. The van der Waals surface area contributed by atoms with Gasteiger partial charge < -0.3 is 10.2 Å². The van der Waals surface area contributed by atoms with Crippen LogP contribution in [0.4, 0.5) is 17.6 Å².